The summed E-state index contributed by atoms with van der Waals surface area (Å²) >= 11 is 0. The first-order valence-corrected chi connectivity index (χ1v) is 10.9. The minimum Gasteiger partial charge on any atom is -0.365 e. The van der Waals surface area contributed by atoms with Crippen molar-refractivity contribution in [1.82, 2.24) is 35.5 Å². The highest BCUT2D eigenvalue weighted by Crippen LogP contribution is 2.28. The fourth-order valence-corrected chi connectivity index (χ4v) is 3.94. The highest BCUT2D eigenvalue weighted by atomic mass is 16.2. The third kappa shape index (κ3) is 4.03. The second-order valence-electron chi connectivity index (χ2n) is 8.61. The molecule has 4 aromatic heterocycles. The molecule has 1 aliphatic heterocycles. The lowest BCUT2D eigenvalue weighted by Crippen LogP contribution is -2.37. The first-order chi connectivity index (χ1) is 16.4. The zero-order valence-corrected chi connectivity index (χ0v) is 18.7. The number of aromatic nitrogens is 6. The predicted octanol–water partition coefficient (Wildman–Crippen LogP) is 1.99. The number of amides is 2. The van der Waals surface area contributed by atoms with E-state index in [2.05, 4.69) is 40.4 Å². The fraction of sp³-hybridized carbons (Fsp3) is 0.261. The number of hydrogen-bond donors (Lipinski definition) is 4. The van der Waals surface area contributed by atoms with Gasteiger partial charge < -0.3 is 16.0 Å². The number of allylic oxidation sites excluding steroid dienone is 1. The van der Waals surface area contributed by atoms with Crippen LogP contribution in [-0.4, -0.2) is 60.7 Å². The number of carbonyl (C=O) groups is 2. The van der Waals surface area contributed by atoms with Gasteiger partial charge in [-0.15, -0.1) is 0 Å². The minimum atomic E-state index is -0.606. The SMILES string of the molecule is CC(C)CC(=O)NC1C=C(c2cnc3[nH]nc(-c4nc5c(C(N)=O)cncc5[nH]4)c3c2)C=NC1. The van der Waals surface area contributed by atoms with Gasteiger partial charge in [0.1, 0.15) is 11.2 Å². The number of fused-ring (bicyclic) bond motifs is 2. The molecule has 34 heavy (non-hydrogen) atoms. The van der Waals surface area contributed by atoms with E-state index >= 15 is 0 Å². The van der Waals surface area contributed by atoms with Crippen molar-refractivity contribution in [3.05, 3.63) is 41.9 Å². The van der Waals surface area contributed by atoms with Crippen LogP contribution >= 0.6 is 0 Å². The number of imidazole rings is 1. The van der Waals surface area contributed by atoms with Crippen LogP contribution in [0, 0.1) is 5.92 Å². The number of hydrogen-bond acceptors (Lipinski definition) is 7. The maximum Gasteiger partial charge on any atom is 0.252 e. The van der Waals surface area contributed by atoms with Gasteiger partial charge in [0.05, 0.1) is 35.2 Å². The number of dihydropyridines is 1. The second-order valence-corrected chi connectivity index (χ2v) is 8.61. The van der Waals surface area contributed by atoms with Crippen molar-refractivity contribution in [2.45, 2.75) is 26.3 Å². The van der Waals surface area contributed by atoms with Crippen LogP contribution in [0.25, 0.3) is 39.2 Å². The van der Waals surface area contributed by atoms with Crippen LogP contribution < -0.4 is 11.1 Å². The third-order valence-corrected chi connectivity index (χ3v) is 5.49. The Labute approximate surface area is 194 Å². The van der Waals surface area contributed by atoms with Crippen molar-refractivity contribution in [3.63, 3.8) is 0 Å². The quantitative estimate of drug-likeness (QED) is 0.345. The average Bonchev–Trinajstić information content (AvgIpc) is 3.41. The molecule has 2 amide bonds. The molecule has 0 fully saturated rings. The summed E-state index contributed by atoms with van der Waals surface area (Å²) in [6.45, 7) is 4.52. The number of nitrogens with one attached hydrogen (secondary N) is 3. The molecule has 5 N–H and O–H groups in total. The van der Waals surface area contributed by atoms with Crippen LogP contribution in [0.15, 0.2) is 35.7 Å². The van der Waals surface area contributed by atoms with Crippen LogP contribution in [-0.2, 0) is 4.79 Å². The van der Waals surface area contributed by atoms with E-state index in [1.807, 2.05) is 26.0 Å². The molecule has 0 aliphatic carbocycles. The Morgan fingerprint density at radius 2 is 2.12 bits per heavy atom. The van der Waals surface area contributed by atoms with Gasteiger partial charge >= 0.3 is 0 Å². The van der Waals surface area contributed by atoms with Crippen molar-refractivity contribution in [2.24, 2.45) is 16.6 Å². The lowest BCUT2D eigenvalue weighted by Gasteiger charge is -2.18. The lowest BCUT2D eigenvalue weighted by molar-refractivity contribution is -0.122. The summed E-state index contributed by atoms with van der Waals surface area (Å²) in [5.41, 5.74) is 9.51. The molecule has 0 bridgehead atoms. The summed E-state index contributed by atoms with van der Waals surface area (Å²) in [7, 11) is 0. The number of aliphatic imine (C=N–C) groups is 1. The maximum atomic E-state index is 12.2. The Balaban J connectivity index is 1.50. The first kappa shape index (κ1) is 21.4. The molecule has 0 saturated heterocycles. The third-order valence-electron chi connectivity index (χ3n) is 5.49. The van der Waals surface area contributed by atoms with E-state index in [1.165, 1.54) is 6.20 Å². The molecule has 1 aliphatic rings. The first-order valence-electron chi connectivity index (χ1n) is 10.9. The Kier molecular flexibility index (Phi) is 5.36. The highest BCUT2D eigenvalue weighted by Gasteiger charge is 2.19. The molecule has 5 rings (SSSR count). The van der Waals surface area contributed by atoms with Crippen molar-refractivity contribution >= 4 is 45.7 Å². The van der Waals surface area contributed by atoms with Crippen LogP contribution in [0.3, 0.4) is 0 Å². The topological polar surface area (TPSA) is 168 Å². The van der Waals surface area contributed by atoms with Gasteiger partial charge in [0.15, 0.2) is 11.5 Å². The van der Waals surface area contributed by atoms with Crippen LogP contribution in [0.2, 0.25) is 0 Å². The largest absolute Gasteiger partial charge is 0.365 e. The van der Waals surface area contributed by atoms with Gasteiger partial charge in [-0.1, -0.05) is 19.9 Å². The van der Waals surface area contributed by atoms with E-state index in [0.717, 1.165) is 16.5 Å². The zero-order valence-electron chi connectivity index (χ0n) is 18.7. The van der Waals surface area contributed by atoms with Crippen molar-refractivity contribution < 1.29 is 9.59 Å². The van der Waals surface area contributed by atoms with Crippen LogP contribution in [0.4, 0.5) is 0 Å². The molecule has 4 aromatic rings. The van der Waals surface area contributed by atoms with Gasteiger partial charge in [-0.2, -0.15) is 5.10 Å². The summed E-state index contributed by atoms with van der Waals surface area (Å²) in [6.07, 6.45) is 8.93. The summed E-state index contributed by atoms with van der Waals surface area (Å²) in [5, 5.41) is 11.1. The number of nitrogens with zero attached hydrogens (tertiary/aromatic N) is 5. The summed E-state index contributed by atoms with van der Waals surface area (Å²) in [4.78, 5) is 44.6. The summed E-state index contributed by atoms with van der Waals surface area (Å²) in [6, 6.07) is 1.76. The van der Waals surface area contributed by atoms with Gasteiger partial charge in [-0.3, -0.25) is 24.7 Å². The molecule has 1 unspecified atom stereocenters. The highest BCUT2D eigenvalue weighted by molar-refractivity contribution is 6.12. The Bertz CT molecular complexity index is 1480. The van der Waals surface area contributed by atoms with Crippen LogP contribution in [0.1, 0.15) is 36.2 Å². The molecule has 5 heterocycles. The van der Waals surface area contributed by atoms with Gasteiger partial charge in [-0.25, -0.2) is 9.97 Å². The Morgan fingerprint density at radius 1 is 1.26 bits per heavy atom. The number of pyridine rings is 2. The molecule has 1 atom stereocenters. The normalized spacial score (nSPS) is 15.7. The Hall–Kier alpha value is -4.41. The molecular weight excluding hydrogens is 434 g/mol. The van der Waals surface area contributed by atoms with E-state index in [9.17, 15) is 9.59 Å². The van der Waals surface area contributed by atoms with Gasteiger partial charge in [0.25, 0.3) is 5.91 Å². The van der Waals surface area contributed by atoms with E-state index in [-0.39, 0.29) is 23.4 Å². The monoisotopic (exact) mass is 457 g/mol. The molecule has 172 valence electrons. The molecule has 0 aromatic carbocycles. The van der Waals surface area contributed by atoms with Crippen LogP contribution in [0.5, 0.6) is 0 Å². The summed E-state index contributed by atoms with van der Waals surface area (Å²) < 4.78 is 0. The molecule has 0 radical (unpaired) electrons. The predicted molar refractivity (Wildman–Crippen MR) is 128 cm³/mol. The molecule has 11 nitrogen and oxygen atoms in total. The number of nitrogens with two attached hydrogens (primary N) is 1. The van der Waals surface area contributed by atoms with Gasteiger partial charge in [0, 0.05) is 30.6 Å². The number of primary amides is 1. The standard InChI is InChI=1S/C23H23N9O2/c1-11(2)3-18(33)28-14-4-12(6-25-8-14)13-5-15-20(31-32-22(15)27-7-13)23-29-17-10-26-9-16(21(24)34)19(17)30-23/h4-7,9-11,14H,3,8H2,1-2H3,(H2,24,34)(H,28,33)(H,29,30)(H,27,31,32). The Morgan fingerprint density at radius 3 is 2.91 bits per heavy atom. The number of carbonyl (C=O) groups excluding carboxylic acids is 2. The fourth-order valence-electron chi connectivity index (χ4n) is 3.94. The van der Waals surface area contributed by atoms with Gasteiger partial charge in [-0.05, 0) is 17.6 Å². The minimum absolute atomic E-state index is 0.00750. The average molecular weight is 457 g/mol. The smallest absolute Gasteiger partial charge is 0.252 e. The number of H-pyrrole nitrogens is 2. The van der Waals surface area contributed by atoms with E-state index in [1.54, 1.807) is 18.6 Å². The van der Waals surface area contributed by atoms with Crippen molar-refractivity contribution in [3.8, 4) is 11.5 Å². The number of rotatable bonds is 6. The van der Waals surface area contributed by atoms with E-state index in [0.29, 0.717) is 41.2 Å². The molecular formula is C23H23N9O2. The van der Waals surface area contributed by atoms with Crippen molar-refractivity contribution in [1.29, 1.82) is 0 Å². The summed E-state index contributed by atoms with van der Waals surface area (Å²) in [5.74, 6) is 0.147. The maximum absolute atomic E-state index is 12.2. The second kappa shape index (κ2) is 8.50. The van der Waals surface area contributed by atoms with Crippen molar-refractivity contribution in [2.75, 3.05) is 6.54 Å². The van der Waals surface area contributed by atoms with E-state index in [4.69, 9.17) is 5.73 Å². The molecule has 11 heteroatoms. The molecule has 0 saturated carbocycles. The number of aromatic amines is 2. The zero-order chi connectivity index (χ0) is 23.8. The van der Waals surface area contributed by atoms with Gasteiger partial charge in [0.2, 0.25) is 5.91 Å². The lowest BCUT2D eigenvalue weighted by atomic mass is 10.0. The molecule has 0 spiro atoms. The van der Waals surface area contributed by atoms with E-state index < -0.39 is 5.91 Å².